The standard InChI is InChI=1S/C31H44N2O6/c1-4-5-6-7-8-9-10-11-12-13-14-15-16-17-18-19-20-21-29(35)38-26(3)39-31(37)33-23-28-27(24-34)22-32-25(2)30(28)36/h5-6,8-9,11-12,14-15,17-18,22,26,34,36H,4,7,10,13,16,19-21,23-24H2,1-3H3,(H,33,37)/b6-5-,9-8-,12-11-,15-14-,18-17-. The molecular formula is C31H44N2O6. The van der Waals surface area contributed by atoms with E-state index in [1.165, 1.54) is 13.1 Å². The number of ether oxygens (including phenoxy) is 2. The monoisotopic (exact) mass is 540 g/mol. The highest BCUT2D eigenvalue weighted by atomic mass is 16.7. The molecule has 8 nitrogen and oxygen atoms in total. The predicted molar refractivity (Wildman–Crippen MR) is 154 cm³/mol. The Balaban J connectivity index is 2.15. The molecule has 0 aliphatic rings. The molecule has 0 saturated carbocycles. The van der Waals surface area contributed by atoms with E-state index in [1.54, 1.807) is 6.92 Å². The Morgan fingerprint density at radius 1 is 0.949 bits per heavy atom. The van der Waals surface area contributed by atoms with E-state index in [-0.39, 0.29) is 25.3 Å². The smallest absolute Gasteiger partial charge is 0.410 e. The Hall–Kier alpha value is -3.65. The number of nitrogens with one attached hydrogen (secondary N) is 1. The van der Waals surface area contributed by atoms with E-state index in [0.29, 0.717) is 23.2 Å². The number of carbonyl (C=O) groups is 2. The maximum Gasteiger partial charge on any atom is 0.410 e. The highest BCUT2D eigenvalue weighted by molar-refractivity contribution is 5.70. The van der Waals surface area contributed by atoms with Gasteiger partial charge in [-0.25, -0.2) is 4.79 Å². The van der Waals surface area contributed by atoms with Crippen molar-refractivity contribution in [2.75, 3.05) is 0 Å². The molecule has 0 spiro atoms. The molecule has 3 N–H and O–H groups in total. The fourth-order valence-electron chi connectivity index (χ4n) is 3.37. The zero-order valence-corrected chi connectivity index (χ0v) is 23.5. The van der Waals surface area contributed by atoms with Gasteiger partial charge in [-0.05, 0) is 51.9 Å². The number of aromatic hydroxyl groups is 1. The van der Waals surface area contributed by atoms with E-state index in [1.807, 2.05) is 6.08 Å². The third-order valence-corrected chi connectivity index (χ3v) is 5.49. The fraction of sp³-hybridized carbons (Fsp3) is 0.452. The minimum atomic E-state index is -1.06. The lowest BCUT2D eigenvalue weighted by atomic mass is 10.1. The second-order valence-corrected chi connectivity index (χ2v) is 8.77. The van der Waals surface area contributed by atoms with Crippen LogP contribution in [0.1, 0.15) is 82.0 Å². The summed E-state index contributed by atoms with van der Waals surface area (Å²) in [4.78, 5) is 28.0. The first kappa shape index (κ1) is 33.4. The summed E-state index contributed by atoms with van der Waals surface area (Å²) < 4.78 is 10.2. The SMILES string of the molecule is CC/C=C\C/C=C\C/C=C\C/C=C\C/C=C\CCCC(=O)OC(C)OC(=O)NCc1c(CO)cnc(C)c1O. The number of aryl methyl sites for hydroxylation is 1. The average molecular weight is 541 g/mol. The van der Waals surface area contributed by atoms with Crippen LogP contribution >= 0.6 is 0 Å². The summed E-state index contributed by atoms with van der Waals surface area (Å²) in [7, 11) is 0. The Morgan fingerprint density at radius 3 is 2.08 bits per heavy atom. The largest absolute Gasteiger partial charge is 0.506 e. The van der Waals surface area contributed by atoms with Gasteiger partial charge in [0, 0.05) is 30.7 Å². The maximum absolute atomic E-state index is 12.0. The summed E-state index contributed by atoms with van der Waals surface area (Å²) in [5, 5.41) is 22.0. The first-order valence-electron chi connectivity index (χ1n) is 13.5. The number of aromatic nitrogens is 1. The van der Waals surface area contributed by atoms with E-state index < -0.39 is 18.4 Å². The Labute approximate surface area is 232 Å². The number of esters is 1. The molecule has 39 heavy (non-hydrogen) atoms. The van der Waals surface area contributed by atoms with Crippen LogP contribution in [0.4, 0.5) is 4.79 Å². The van der Waals surface area contributed by atoms with Crippen LogP contribution in [0.5, 0.6) is 5.75 Å². The number of carbonyl (C=O) groups excluding carboxylic acids is 2. The Bertz CT molecular complexity index is 1010. The Kier molecular flexibility index (Phi) is 18.2. The van der Waals surface area contributed by atoms with Gasteiger partial charge in [-0.1, -0.05) is 67.7 Å². The van der Waals surface area contributed by atoms with Crippen LogP contribution in [0.3, 0.4) is 0 Å². The number of alkyl carbamates (subject to hydrolysis) is 1. The van der Waals surface area contributed by atoms with Crippen molar-refractivity contribution in [3.8, 4) is 5.75 Å². The van der Waals surface area contributed by atoms with Gasteiger partial charge in [-0.15, -0.1) is 0 Å². The van der Waals surface area contributed by atoms with E-state index in [0.717, 1.165) is 38.5 Å². The second-order valence-electron chi connectivity index (χ2n) is 8.77. The molecule has 0 saturated heterocycles. The lowest BCUT2D eigenvalue weighted by Crippen LogP contribution is -2.30. The van der Waals surface area contributed by atoms with Gasteiger partial charge in [0.15, 0.2) is 0 Å². The van der Waals surface area contributed by atoms with E-state index in [2.05, 4.69) is 71.9 Å². The van der Waals surface area contributed by atoms with Gasteiger partial charge in [0.2, 0.25) is 6.29 Å². The van der Waals surface area contributed by atoms with Crippen molar-refractivity contribution in [1.82, 2.24) is 10.3 Å². The molecule has 0 aliphatic carbocycles. The Morgan fingerprint density at radius 2 is 1.51 bits per heavy atom. The summed E-state index contributed by atoms with van der Waals surface area (Å²) >= 11 is 0. The van der Waals surface area contributed by atoms with Gasteiger partial charge in [-0.3, -0.25) is 9.78 Å². The third kappa shape index (κ3) is 16.0. The van der Waals surface area contributed by atoms with Crippen molar-refractivity contribution >= 4 is 12.1 Å². The van der Waals surface area contributed by atoms with Gasteiger partial charge in [-0.2, -0.15) is 0 Å². The van der Waals surface area contributed by atoms with Gasteiger partial charge < -0.3 is 25.0 Å². The highest BCUT2D eigenvalue weighted by Crippen LogP contribution is 2.23. The highest BCUT2D eigenvalue weighted by Gasteiger charge is 2.16. The number of aliphatic hydroxyl groups is 1. The van der Waals surface area contributed by atoms with Crippen LogP contribution in [0.2, 0.25) is 0 Å². The second kappa shape index (κ2) is 21.3. The molecule has 1 heterocycles. The molecule has 0 aromatic carbocycles. The zero-order valence-electron chi connectivity index (χ0n) is 23.5. The van der Waals surface area contributed by atoms with Gasteiger partial charge >= 0.3 is 12.1 Å². The normalized spacial score (nSPS) is 12.8. The molecule has 0 aliphatic heterocycles. The number of hydrogen-bond acceptors (Lipinski definition) is 7. The minimum absolute atomic E-state index is 0.0716. The molecule has 1 rings (SSSR count). The molecule has 214 valence electrons. The lowest BCUT2D eigenvalue weighted by molar-refractivity contribution is -0.164. The van der Waals surface area contributed by atoms with Crippen molar-refractivity contribution < 1.29 is 29.3 Å². The number of hydrogen-bond donors (Lipinski definition) is 3. The van der Waals surface area contributed by atoms with E-state index >= 15 is 0 Å². The van der Waals surface area contributed by atoms with Crippen LogP contribution in [-0.4, -0.2) is 33.5 Å². The number of pyridine rings is 1. The number of rotatable bonds is 18. The minimum Gasteiger partial charge on any atom is -0.506 e. The number of nitrogens with zero attached hydrogens (tertiary/aromatic N) is 1. The summed E-state index contributed by atoms with van der Waals surface area (Å²) in [5.41, 5.74) is 1.12. The molecule has 0 radical (unpaired) electrons. The molecule has 1 atom stereocenters. The summed E-state index contributed by atoms with van der Waals surface area (Å²) in [6.45, 7) is 4.79. The lowest BCUT2D eigenvalue weighted by Gasteiger charge is -2.16. The topological polar surface area (TPSA) is 118 Å². The molecule has 1 aromatic rings. The first-order valence-corrected chi connectivity index (χ1v) is 13.5. The predicted octanol–water partition coefficient (Wildman–Crippen LogP) is 6.63. The van der Waals surface area contributed by atoms with Crippen LogP contribution in [-0.2, 0) is 27.4 Å². The average Bonchev–Trinajstić information content (AvgIpc) is 2.91. The molecule has 0 bridgehead atoms. The molecule has 8 heteroatoms. The van der Waals surface area contributed by atoms with E-state index in [4.69, 9.17) is 9.47 Å². The number of aliphatic hydroxyl groups excluding tert-OH is 1. The fourth-order valence-corrected chi connectivity index (χ4v) is 3.37. The molecular weight excluding hydrogens is 496 g/mol. The van der Waals surface area contributed by atoms with Crippen molar-refractivity contribution in [2.45, 2.75) is 91.6 Å². The number of allylic oxidation sites excluding steroid dienone is 10. The maximum atomic E-state index is 12.0. The van der Waals surface area contributed by atoms with E-state index in [9.17, 15) is 19.8 Å². The molecule has 0 fully saturated rings. The zero-order chi connectivity index (χ0) is 28.7. The molecule has 1 aromatic heterocycles. The quantitative estimate of drug-likeness (QED) is 0.0828. The van der Waals surface area contributed by atoms with Gasteiger partial charge in [0.05, 0.1) is 18.8 Å². The summed E-state index contributed by atoms with van der Waals surface area (Å²) in [6.07, 6.45) is 27.3. The van der Waals surface area contributed by atoms with Crippen molar-refractivity contribution in [3.05, 3.63) is 83.8 Å². The third-order valence-electron chi connectivity index (χ3n) is 5.49. The van der Waals surface area contributed by atoms with Crippen LogP contribution in [0.15, 0.2) is 67.0 Å². The van der Waals surface area contributed by atoms with Crippen LogP contribution < -0.4 is 5.32 Å². The first-order chi connectivity index (χ1) is 18.9. The molecule has 1 unspecified atom stereocenters. The molecule has 1 amide bonds. The van der Waals surface area contributed by atoms with Crippen LogP contribution in [0, 0.1) is 6.92 Å². The number of amides is 1. The van der Waals surface area contributed by atoms with Gasteiger partial charge in [0.25, 0.3) is 0 Å². The summed E-state index contributed by atoms with van der Waals surface area (Å²) in [6, 6.07) is 0. The van der Waals surface area contributed by atoms with Gasteiger partial charge in [0.1, 0.15) is 5.75 Å². The van der Waals surface area contributed by atoms with Crippen molar-refractivity contribution in [1.29, 1.82) is 0 Å². The summed E-state index contributed by atoms with van der Waals surface area (Å²) in [5.74, 6) is -0.554. The van der Waals surface area contributed by atoms with Crippen LogP contribution in [0.25, 0.3) is 0 Å². The van der Waals surface area contributed by atoms with Crippen molar-refractivity contribution in [3.63, 3.8) is 0 Å². The van der Waals surface area contributed by atoms with Crippen molar-refractivity contribution in [2.24, 2.45) is 0 Å². The number of unbranched alkanes of at least 4 members (excludes halogenated alkanes) is 1.